The Hall–Kier alpha value is -0.750. The Labute approximate surface area is 87.2 Å². The highest BCUT2D eigenvalue weighted by atomic mass is 79.9. The Kier molecular flexibility index (Phi) is 3.16. The summed E-state index contributed by atoms with van der Waals surface area (Å²) in [5.74, 6) is -1.40. The van der Waals surface area contributed by atoms with Crippen molar-refractivity contribution in [1.82, 2.24) is 0 Å². The number of hydrogen-bond acceptors (Lipinski definition) is 1. The predicted octanol–water partition coefficient (Wildman–Crippen LogP) is 2.38. The van der Waals surface area contributed by atoms with Gasteiger partial charge >= 0.3 is 0 Å². The molecule has 0 radical (unpaired) electrons. The summed E-state index contributed by atoms with van der Waals surface area (Å²) in [4.78, 5) is 0. The largest absolute Gasteiger partial charge is 0.376 e. The quantitative estimate of drug-likeness (QED) is 0.606. The summed E-state index contributed by atoms with van der Waals surface area (Å²) in [6.45, 7) is 0. The molecule has 70 valence electrons. The number of nitrogens with one attached hydrogen (secondary N) is 1. The molecule has 0 aromatic heterocycles. The number of benzene rings is 1. The van der Waals surface area contributed by atoms with Gasteiger partial charge in [0, 0.05) is 6.07 Å². The molecule has 1 aromatic rings. The molecule has 2 nitrogen and oxygen atoms in total. The summed E-state index contributed by atoms with van der Waals surface area (Å²) in [5.41, 5.74) is 5.32. The van der Waals surface area contributed by atoms with E-state index in [4.69, 9.17) is 5.73 Å². The minimum absolute atomic E-state index is 0.0503. The maximum Gasteiger partial charge on any atom is 0.168 e. The van der Waals surface area contributed by atoms with Crippen LogP contribution in [0.2, 0.25) is 0 Å². The Morgan fingerprint density at radius 3 is 2.62 bits per heavy atom. The average molecular weight is 267 g/mol. The van der Waals surface area contributed by atoms with Gasteiger partial charge in [-0.1, -0.05) is 0 Å². The first kappa shape index (κ1) is 10.3. The summed E-state index contributed by atoms with van der Waals surface area (Å²) in [6.07, 6.45) is 0. The molecule has 1 aromatic carbocycles. The average Bonchev–Trinajstić information content (AvgIpc) is 1.98. The molecule has 0 saturated heterocycles. The highest BCUT2D eigenvalue weighted by Gasteiger charge is 2.08. The Balaban J connectivity index is 3.12. The maximum absolute atomic E-state index is 12.9. The molecule has 3 N–H and O–H groups in total. The van der Waals surface area contributed by atoms with Crippen molar-refractivity contribution in [2.75, 3.05) is 5.32 Å². The van der Waals surface area contributed by atoms with Crippen LogP contribution in [0.5, 0.6) is 0 Å². The van der Waals surface area contributed by atoms with Crippen LogP contribution >= 0.6 is 28.1 Å². The van der Waals surface area contributed by atoms with Gasteiger partial charge in [-0.15, -0.1) is 0 Å². The lowest BCUT2D eigenvalue weighted by Crippen LogP contribution is -2.19. The molecule has 0 aliphatic carbocycles. The van der Waals surface area contributed by atoms with Crippen LogP contribution in [-0.2, 0) is 0 Å². The Bertz CT molecular complexity index is 357. The second-order valence-corrected chi connectivity index (χ2v) is 3.47. The fourth-order valence-corrected chi connectivity index (χ4v) is 1.22. The topological polar surface area (TPSA) is 38.0 Å². The first-order chi connectivity index (χ1) is 6.00. The fraction of sp³-hybridized carbons (Fsp3) is 0. The number of hydrogen-bond donors (Lipinski definition) is 2. The van der Waals surface area contributed by atoms with Crippen molar-refractivity contribution >= 4 is 38.9 Å². The first-order valence-electron chi connectivity index (χ1n) is 3.21. The van der Waals surface area contributed by atoms with E-state index in [1.54, 1.807) is 0 Å². The maximum atomic E-state index is 12.9. The molecule has 0 spiro atoms. The summed E-state index contributed by atoms with van der Waals surface area (Å²) in [7, 11) is 0. The van der Waals surface area contributed by atoms with Crippen molar-refractivity contribution in [2.24, 2.45) is 5.73 Å². The third-order valence-electron chi connectivity index (χ3n) is 1.25. The van der Waals surface area contributed by atoms with Crippen LogP contribution in [0, 0.1) is 11.6 Å². The SMILES string of the molecule is NC(=S)Nc1cc(F)cc(F)c1Br. The second-order valence-electron chi connectivity index (χ2n) is 2.24. The van der Waals surface area contributed by atoms with Crippen molar-refractivity contribution in [3.63, 3.8) is 0 Å². The highest BCUT2D eigenvalue weighted by Crippen LogP contribution is 2.26. The molecule has 0 unspecified atom stereocenters. The lowest BCUT2D eigenvalue weighted by molar-refractivity contribution is 0.580. The van der Waals surface area contributed by atoms with Gasteiger partial charge < -0.3 is 11.1 Å². The molecular weight excluding hydrogens is 262 g/mol. The van der Waals surface area contributed by atoms with Gasteiger partial charge in [0.25, 0.3) is 0 Å². The van der Waals surface area contributed by atoms with Gasteiger partial charge in [0.15, 0.2) is 5.11 Å². The van der Waals surface area contributed by atoms with E-state index in [0.29, 0.717) is 0 Å². The molecule has 0 atom stereocenters. The van der Waals surface area contributed by atoms with E-state index in [2.05, 4.69) is 33.5 Å². The number of thiocarbonyl (C=S) groups is 1. The van der Waals surface area contributed by atoms with E-state index >= 15 is 0 Å². The van der Waals surface area contributed by atoms with Crippen molar-refractivity contribution in [3.05, 3.63) is 28.2 Å². The molecule has 0 heterocycles. The van der Waals surface area contributed by atoms with Crippen LogP contribution in [-0.4, -0.2) is 5.11 Å². The molecule has 0 saturated carbocycles. The monoisotopic (exact) mass is 266 g/mol. The fourth-order valence-electron chi connectivity index (χ4n) is 0.780. The van der Waals surface area contributed by atoms with Crippen molar-refractivity contribution in [2.45, 2.75) is 0 Å². The zero-order chi connectivity index (χ0) is 10.0. The summed E-state index contributed by atoms with van der Waals surface area (Å²) < 4.78 is 25.7. The van der Waals surface area contributed by atoms with Gasteiger partial charge in [-0.3, -0.25) is 0 Å². The Morgan fingerprint density at radius 1 is 1.46 bits per heavy atom. The van der Waals surface area contributed by atoms with Crippen LogP contribution in [0.3, 0.4) is 0 Å². The summed E-state index contributed by atoms with van der Waals surface area (Å²) >= 11 is 7.45. The molecule has 0 amide bonds. The van der Waals surface area contributed by atoms with Gasteiger partial charge in [0.2, 0.25) is 0 Å². The minimum Gasteiger partial charge on any atom is -0.376 e. The highest BCUT2D eigenvalue weighted by molar-refractivity contribution is 9.10. The number of anilines is 1. The van der Waals surface area contributed by atoms with Gasteiger partial charge in [0.1, 0.15) is 11.6 Å². The lowest BCUT2D eigenvalue weighted by atomic mass is 10.3. The van der Waals surface area contributed by atoms with Crippen LogP contribution in [0.25, 0.3) is 0 Å². The van der Waals surface area contributed by atoms with E-state index in [0.717, 1.165) is 12.1 Å². The first-order valence-corrected chi connectivity index (χ1v) is 4.42. The molecule has 13 heavy (non-hydrogen) atoms. The van der Waals surface area contributed by atoms with Gasteiger partial charge in [-0.05, 0) is 34.2 Å². The van der Waals surface area contributed by atoms with Gasteiger partial charge in [-0.25, -0.2) is 8.78 Å². The van der Waals surface area contributed by atoms with Gasteiger partial charge in [-0.2, -0.15) is 0 Å². The molecule has 0 bridgehead atoms. The molecular formula is C7H5BrF2N2S. The van der Waals surface area contributed by atoms with E-state index in [9.17, 15) is 8.78 Å². The Morgan fingerprint density at radius 2 is 2.08 bits per heavy atom. The number of nitrogens with two attached hydrogens (primary N) is 1. The van der Waals surface area contributed by atoms with Crippen LogP contribution in [0.15, 0.2) is 16.6 Å². The zero-order valence-corrected chi connectivity index (χ0v) is 8.68. The van der Waals surface area contributed by atoms with E-state index < -0.39 is 11.6 Å². The normalized spacial score (nSPS) is 9.77. The van der Waals surface area contributed by atoms with E-state index in [1.165, 1.54) is 0 Å². The van der Waals surface area contributed by atoms with Crippen molar-refractivity contribution in [1.29, 1.82) is 0 Å². The number of rotatable bonds is 1. The predicted molar refractivity (Wildman–Crippen MR) is 54.5 cm³/mol. The third kappa shape index (κ3) is 2.60. The van der Waals surface area contributed by atoms with Crippen molar-refractivity contribution in [3.8, 4) is 0 Å². The van der Waals surface area contributed by atoms with Crippen LogP contribution in [0.1, 0.15) is 0 Å². The van der Waals surface area contributed by atoms with Crippen LogP contribution < -0.4 is 11.1 Å². The van der Waals surface area contributed by atoms with Crippen molar-refractivity contribution < 1.29 is 8.78 Å². The van der Waals surface area contributed by atoms with Gasteiger partial charge in [0.05, 0.1) is 10.2 Å². The molecule has 0 aliphatic heterocycles. The van der Waals surface area contributed by atoms with E-state index in [1.807, 2.05) is 0 Å². The molecule has 0 fully saturated rings. The summed E-state index contributed by atoms with van der Waals surface area (Å²) in [6, 6.07) is 1.85. The lowest BCUT2D eigenvalue weighted by Gasteiger charge is -2.06. The van der Waals surface area contributed by atoms with Crippen LogP contribution in [0.4, 0.5) is 14.5 Å². The molecule has 0 aliphatic rings. The molecule has 6 heteroatoms. The second kappa shape index (κ2) is 3.97. The van der Waals surface area contributed by atoms with E-state index in [-0.39, 0.29) is 15.3 Å². The zero-order valence-electron chi connectivity index (χ0n) is 6.27. The number of halogens is 3. The standard InChI is InChI=1S/C7H5BrF2N2S/c8-6-4(10)1-3(9)2-5(6)12-7(11)13/h1-2H,(H3,11,12,13). The third-order valence-corrected chi connectivity index (χ3v) is 2.16. The molecule has 1 rings (SSSR count). The smallest absolute Gasteiger partial charge is 0.168 e. The minimum atomic E-state index is -0.709. The summed E-state index contributed by atoms with van der Waals surface area (Å²) in [5, 5.41) is 2.39.